The van der Waals surface area contributed by atoms with E-state index in [1.165, 1.54) is 18.7 Å². The Morgan fingerprint density at radius 3 is 2.58 bits per heavy atom. The minimum Gasteiger partial charge on any atom is -0.319 e. The normalized spacial score (nSPS) is 19.6. The molecule has 1 atom stereocenters. The molecule has 1 aliphatic rings. The van der Waals surface area contributed by atoms with Gasteiger partial charge in [0.2, 0.25) is 0 Å². The summed E-state index contributed by atoms with van der Waals surface area (Å²) in [4.78, 5) is 13.7. The first-order valence-electron chi connectivity index (χ1n) is 8.40. The molecule has 0 spiro atoms. The van der Waals surface area contributed by atoms with Crippen LogP contribution in [0.1, 0.15) is 25.8 Å². The molecular formula is C18H21F3N4O. The Hall–Kier alpha value is -2.51. The number of alkyl halides is 3. The number of halogens is 3. The van der Waals surface area contributed by atoms with Gasteiger partial charge in [0.1, 0.15) is 0 Å². The van der Waals surface area contributed by atoms with Crippen LogP contribution in [0.5, 0.6) is 0 Å². The van der Waals surface area contributed by atoms with Gasteiger partial charge in [-0.1, -0.05) is 30.3 Å². The zero-order valence-corrected chi connectivity index (χ0v) is 14.6. The highest BCUT2D eigenvalue weighted by atomic mass is 19.4. The predicted octanol–water partition coefficient (Wildman–Crippen LogP) is 4.13. The first-order chi connectivity index (χ1) is 12.2. The number of benzene rings is 1. The SMILES string of the molecule is CC1(C)[C@@H](C(F)(F)F)CCN1C(=O)Nc1ccn(Cc2ccccc2)n1. The van der Waals surface area contributed by atoms with Crippen molar-refractivity contribution in [1.29, 1.82) is 0 Å². The van der Waals surface area contributed by atoms with Crippen LogP contribution in [0, 0.1) is 5.92 Å². The fourth-order valence-electron chi connectivity index (χ4n) is 3.48. The Kier molecular flexibility index (Phi) is 4.68. The van der Waals surface area contributed by atoms with Crippen LogP contribution in [0.25, 0.3) is 0 Å². The third-order valence-electron chi connectivity index (χ3n) is 4.89. The second-order valence-corrected chi connectivity index (χ2v) is 7.00. The molecular weight excluding hydrogens is 345 g/mol. The van der Waals surface area contributed by atoms with E-state index in [4.69, 9.17) is 0 Å². The summed E-state index contributed by atoms with van der Waals surface area (Å²) in [6.45, 7) is 3.51. The van der Waals surface area contributed by atoms with E-state index in [1.807, 2.05) is 30.3 Å². The summed E-state index contributed by atoms with van der Waals surface area (Å²) in [5.41, 5.74) is -0.239. The molecule has 5 nitrogen and oxygen atoms in total. The van der Waals surface area contributed by atoms with Gasteiger partial charge in [-0.05, 0) is 25.8 Å². The number of carbonyl (C=O) groups excluding carboxylic acids is 1. The number of urea groups is 1. The highest BCUT2D eigenvalue weighted by Gasteiger charge is 2.56. The summed E-state index contributed by atoms with van der Waals surface area (Å²) in [5, 5.41) is 6.87. The van der Waals surface area contributed by atoms with Crippen molar-refractivity contribution in [3.63, 3.8) is 0 Å². The Labute approximate surface area is 149 Å². The Morgan fingerprint density at radius 1 is 1.27 bits per heavy atom. The van der Waals surface area contributed by atoms with Crippen molar-refractivity contribution in [2.45, 2.75) is 38.5 Å². The van der Waals surface area contributed by atoms with Gasteiger partial charge in [-0.3, -0.25) is 10.00 Å². The summed E-state index contributed by atoms with van der Waals surface area (Å²) < 4.78 is 41.1. The van der Waals surface area contributed by atoms with Crippen molar-refractivity contribution in [2.24, 2.45) is 5.92 Å². The molecule has 1 N–H and O–H groups in total. The molecule has 0 radical (unpaired) electrons. The molecule has 0 saturated carbocycles. The monoisotopic (exact) mass is 366 g/mol. The van der Waals surface area contributed by atoms with Crippen molar-refractivity contribution in [3.05, 3.63) is 48.2 Å². The Morgan fingerprint density at radius 2 is 1.96 bits per heavy atom. The second-order valence-electron chi connectivity index (χ2n) is 7.00. The van der Waals surface area contributed by atoms with Gasteiger partial charge < -0.3 is 4.90 Å². The molecule has 1 fully saturated rings. The number of rotatable bonds is 3. The van der Waals surface area contributed by atoms with Crippen LogP contribution in [-0.2, 0) is 6.54 Å². The Bertz CT molecular complexity index is 770. The van der Waals surface area contributed by atoms with Crippen LogP contribution in [0.15, 0.2) is 42.6 Å². The van der Waals surface area contributed by atoms with Gasteiger partial charge in [-0.15, -0.1) is 0 Å². The van der Waals surface area contributed by atoms with Gasteiger partial charge in [0.25, 0.3) is 0 Å². The van der Waals surface area contributed by atoms with Gasteiger partial charge in [0, 0.05) is 18.8 Å². The van der Waals surface area contributed by atoms with Gasteiger partial charge in [-0.25, -0.2) is 4.79 Å². The molecule has 0 unspecified atom stereocenters. The molecule has 140 valence electrons. The molecule has 3 rings (SSSR count). The third-order valence-corrected chi connectivity index (χ3v) is 4.89. The second kappa shape index (κ2) is 6.66. The zero-order chi connectivity index (χ0) is 18.9. The number of nitrogens with zero attached hydrogens (tertiary/aromatic N) is 3. The van der Waals surface area contributed by atoms with E-state index in [-0.39, 0.29) is 13.0 Å². The van der Waals surface area contributed by atoms with E-state index in [2.05, 4.69) is 10.4 Å². The maximum Gasteiger partial charge on any atom is 0.394 e. The lowest BCUT2D eigenvalue weighted by molar-refractivity contribution is -0.189. The topological polar surface area (TPSA) is 50.2 Å². The van der Waals surface area contributed by atoms with Crippen molar-refractivity contribution in [2.75, 3.05) is 11.9 Å². The summed E-state index contributed by atoms with van der Waals surface area (Å²) in [7, 11) is 0. The number of anilines is 1. The average molecular weight is 366 g/mol. The molecule has 1 aromatic carbocycles. The molecule has 0 aliphatic carbocycles. The number of hydrogen-bond acceptors (Lipinski definition) is 2. The average Bonchev–Trinajstić information content (AvgIpc) is 3.11. The van der Waals surface area contributed by atoms with Crippen LogP contribution in [-0.4, -0.2) is 39.0 Å². The molecule has 0 bridgehead atoms. The van der Waals surface area contributed by atoms with E-state index in [9.17, 15) is 18.0 Å². The number of aromatic nitrogens is 2. The summed E-state index contributed by atoms with van der Waals surface area (Å²) >= 11 is 0. The molecule has 2 aromatic rings. The number of amides is 2. The number of hydrogen-bond donors (Lipinski definition) is 1. The maximum atomic E-state index is 13.2. The van der Waals surface area contributed by atoms with Gasteiger partial charge >= 0.3 is 12.2 Å². The van der Waals surface area contributed by atoms with Crippen LogP contribution >= 0.6 is 0 Å². The molecule has 2 amide bonds. The van der Waals surface area contributed by atoms with E-state index in [0.717, 1.165) is 5.56 Å². The highest BCUT2D eigenvalue weighted by Crippen LogP contribution is 2.44. The quantitative estimate of drug-likeness (QED) is 0.888. The van der Waals surface area contributed by atoms with Crippen LogP contribution in [0.3, 0.4) is 0 Å². The predicted molar refractivity (Wildman–Crippen MR) is 91.7 cm³/mol. The summed E-state index contributed by atoms with van der Waals surface area (Å²) in [6.07, 6.45) is -2.70. The van der Waals surface area contributed by atoms with Crippen molar-refractivity contribution in [3.8, 4) is 0 Å². The minimum absolute atomic E-state index is 0.0632. The zero-order valence-electron chi connectivity index (χ0n) is 14.6. The highest BCUT2D eigenvalue weighted by molar-refractivity contribution is 5.89. The fourth-order valence-corrected chi connectivity index (χ4v) is 3.48. The fraction of sp³-hybridized carbons (Fsp3) is 0.444. The van der Waals surface area contributed by atoms with Crippen molar-refractivity contribution >= 4 is 11.8 Å². The van der Waals surface area contributed by atoms with Crippen molar-refractivity contribution in [1.82, 2.24) is 14.7 Å². The first kappa shape index (κ1) is 18.3. The maximum absolute atomic E-state index is 13.2. The molecule has 1 aromatic heterocycles. The van der Waals surface area contributed by atoms with Gasteiger partial charge in [0.05, 0.1) is 18.0 Å². The van der Waals surface area contributed by atoms with E-state index < -0.39 is 23.7 Å². The van der Waals surface area contributed by atoms with Gasteiger partial charge in [-0.2, -0.15) is 18.3 Å². The summed E-state index contributed by atoms with van der Waals surface area (Å²) in [6, 6.07) is 10.8. The van der Waals surface area contributed by atoms with Gasteiger partial charge in [0.15, 0.2) is 5.82 Å². The molecule has 26 heavy (non-hydrogen) atoms. The molecule has 8 heteroatoms. The number of nitrogens with one attached hydrogen (secondary N) is 1. The van der Waals surface area contributed by atoms with E-state index in [1.54, 1.807) is 16.9 Å². The lowest BCUT2D eigenvalue weighted by Crippen LogP contribution is -2.51. The first-order valence-corrected chi connectivity index (χ1v) is 8.40. The summed E-state index contributed by atoms with van der Waals surface area (Å²) in [5.74, 6) is -1.21. The number of carbonyl (C=O) groups is 1. The van der Waals surface area contributed by atoms with Crippen molar-refractivity contribution < 1.29 is 18.0 Å². The standard InChI is InChI=1S/C18H21F3N4O/c1-17(2)14(18(19,20)21)8-11-25(17)16(26)22-15-9-10-24(23-15)12-13-6-4-3-5-7-13/h3-7,9-10,14H,8,11-12H2,1-2H3,(H,22,23,26)/t14-/m0/s1. The molecule has 2 heterocycles. The third kappa shape index (κ3) is 3.68. The van der Waals surface area contributed by atoms with E-state index in [0.29, 0.717) is 12.4 Å². The van der Waals surface area contributed by atoms with Crippen LogP contribution in [0.4, 0.5) is 23.8 Å². The molecule has 1 saturated heterocycles. The smallest absolute Gasteiger partial charge is 0.319 e. The lowest BCUT2D eigenvalue weighted by Gasteiger charge is -2.36. The largest absolute Gasteiger partial charge is 0.394 e. The Balaban J connectivity index is 1.66. The van der Waals surface area contributed by atoms with E-state index >= 15 is 0 Å². The lowest BCUT2D eigenvalue weighted by atomic mass is 9.88. The van der Waals surface area contributed by atoms with Crippen LogP contribution < -0.4 is 5.32 Å². The molecule has 1 aliphatic heterocycles. The van der Waals surface area contributed by atoms with Crippen LogP contribution in [0.2, 0.25) is 0 Å². The minimum atomic E-state index is -4.32. The number of likely N-dealkylation sites (tertiary alicyclic amines) is 1.